The molecule has 0 saturated carbocycles. The molecule has 6 heteroatoms. The molecule has 116 valence electrons. The van der Waals surface area contributed by atoms with Crippen LogP contribution in [0, 0.1) is 0 Å². The van der Waals surface area contributed by atoms with E-state index in [4.69, 9.17) is 9.47 Å². The number of ether oxygens (including phenoxy) is 2. The minimum atomic E-state index is -0.581. The molecule has 0 amide bonds. The minimum Gasteiger partial charge on any atom is -0.462 e. The maximum atomic E-state index is 12.3. The van der Waals surface area contributed by atoms with Crippen molar-refractivity contribution >= 4 is 22.8 Å². The van der Waals surface area contributed by atoms with Crippen LogP contribution in [0.3, 0.4) is 0 Å². The lowest BCUT2D eigenvalue weighted by Gasteiger charge is -2.17. The van der Waals surface area contributed by atoms with Crippen molar-refractivity contribution in [3.8, 4) is 0 Å². The van der Waals surface area contributed by atoms with E-state index in [9.17, 15) is 9.59 Å². The molecule has 0 bridgehead atoms. The number of rotatable bonds is 4. The Balaban J connectivity index is 2.26. The number of carbonyl (C=O) groups is 2. The van der Waals surface area contributed by atoms with Crippen LogP contribution >= 0.6 is 0 Å². The summed E-state index contributed by atoms with van der Waals surface area (Å²) in [6.45, 7) is 4.82. The third kappa shape index (κ3) is 2.24. The molecule has 2 aromatic heterocycles. The molecule has 0 spiro atoms. The molecule has 0 aromatic carbocycles. The summed E-state index contributed by atoms with van der Waals surface area (Å²) < 4.78 is 12.2. The highest BCUT2D eigenvalue weighted by Crippen LogP contribution is 2.30. The Morgan fingerprint density at radius 3 is 2.68 bits per heavy atom. The molecule has 0 radical (unpaired) electrons. The SMILES string of the molecule is CCOC(=O)c1nc2c3c(ccn3CCC2)c1C(=O)OCC. The predicted octanol–water partition coefficient (Wildman–Crippen LogP) is 2.34. The van der Waals surface area contributed by atoms with Crippen molar-refractivity contribution in [2.75, 3.05) is 13.2 Å². The van der Waals surface area contributed by atoms with Crippen LogP contribution in [0.15, 0.2) is 12.3 Å². The average molecular weight is 302 g/mol. The highest BCUT2D eigenvalue weighted by molar-refractivity contribution is 6.11. The summed E-state index contributed by atoms with van der Waals surface area (Å²) in [6.07, 6.45) is 3.67. The molecule has 0 saturated heterocycles. The second-order valence-electron chi connectivity index (χ2n) is 5.10. The second kappa shape index (κ2) is 5.79. The summed E-state index contributed by atoms with van der Waals surface area (Å²) >= 11 is 0. The first-order chi connectivity index (χ1) is 10.7. The first-order valence-electron chi connectivity index (χ1n) is 7.53. The molecule has 2 aromatic rings. The van der Waals surface area contributed by atoms with Gasteiger partial charge in [-0.2, -0.15) is 0 Å². The van der Waals surface area contributed by atoms with Crippen molar-refractivity contribution in [2.24, 2.45) is 0 Å². The van der Waals surface area contributed by atoms with Crippen molar-refractivity contribution in [3.05, 3.63) is 29.2 Å². The lowest BCUT2D eigenvalue weighted by Crippen LogP contribution is -2.19. The molecule has 3 rings (SSSR count). The van der Waals surface area contributed by atoms with Crippen molar-refractivity contribution in [1.82, 2.24) is 9.55 Å². The van der Waals surface area contributed by atoms with Crippen LogP contribution in [0.4, 0.5) is 0 Å². The Morgan fingerprint density at radius 1 is 1.23 bits per heavy atom. The minimum absolute atomic E-state index is 0.0578. The molecule has 1 aliphatic rings. The van der Waals surface area contributed by atoms with E-state index in [1.807, 2.05) is 12.3 Å². The third-order valence-corrected chi connectivity index (χ3v) is 3.75. The van der Waals surface area contributed by atoms with Gasteiger partial charge in [0.15, 0.2) is 5.69 Å². The molecule has 0 N–H and O–H groups in total. The van der Waals surface area contributed by atoms with Crippen LogP contribution < -0.4 is 0 Å². The van der Waals surface area contributed by atoms with Crippen LogP contribution in [0.2, 0.25) is 0 Å². The fourth-order valence-electron chi connectivity index (χ4n) is 2.90. The highest BCUT2D eigenvalue weighted by atomic mass is 16.5. The second-order valence-corrected chi connectivity index (χ2v) is 5.10. The molecule has 1 aliphatic heterocycles. The Bertz CT molecular complexity index is 748. The van der Waals surface area contributed by atoms with Gasteiger partial charge in [-0.05, 0) is 32.8 Å². The van der Waals surface area contributed by atoms with E-state index in [1.54, 1.807) is 13.8 Å². The summed E-state index contributed by atoms with van der Waals surface area (Å²) in [6, 6.07) is 1.85. The van der Waals surface area contributed by atoms with Gasteiger partial charge in [0.05, 0.1) is 24.4 Å². The van der Waals surface area contributed by atoms with E-state index in [0.717, 1.165) is 30.6 Å². The van der Waals surface area contributed by atoms with Gasteiger partial charge in [-0.25, -0.2) is 14.6 Å². The zero-order valence-corrected chi connectivity index (χ0v) is 12.7. The third-order valence-electron chi connectivity index (χ3n) is 3.75. The number of esters is 2. The number of aromatic nitrogens is 2. The number of hydrogen-bond donors (Lipinski definition) is 0. The number of pyridine rings is 1. The maximum absolute atomic E-state index is 12.3. The first kappa shape index (κ1) is 14.6. The Kier molecular flexibility index (Phi) is 3.83. The van der Waals surface area contributed by atoms with E-state index in [1.165, 1.54) is 0 Å². The number of carbonyl (C=O) groups excluding carboxylic acids is 2. The molecule has 3 heterocycles. The predicted molar refractivity (Wildman–Crippen MR) is 80.0 cm³/mol. The number of nitrogens with zero attached hydrogens (tertiary/aromatic N) is 2. The molecule has 0 unspecified atom stereocenters. The highest BCUT2D eigenvalue weighted by Gasteiger charge is 2.28. The molecular formula is C16H18N2O4. The molecule has 0 atom stereocenters. The van der Waals surface area contributed by atoms with Crippen LogP contribution in [-0.4, -0.2) is 34.7 Å². The Morgan fingerprint density at radius 2 is 1.95 bits per heavy atom. The monoisotopic (exact) mass is 302 g/mol. The standard InChI is InChI=1S/C16H18N2O4/c1-3-21-15(19)12-10-7-9-18-8-5-6-11(14(10)18)17-13(12)16(20)22-4-2/h7,9H,3-6,8H2,1-2H3. The summed E-state index contributed by atoms with van der Waals surface area (Å²) in [5.41, 5.74) is 2.02. The Hall–Kier alpha value is -2.37. The lowest BCUT2D eigenvalue weighted by molar-refractivity contribution is 0.0475. The maximum Gasteiger partial charge on any atom is 0.357 e. The average Bonchev–Trinajstić information content (AvgIpc) is 2.93. The van der Waals surface area contributed by atoms with Crippen LogP contribution in [-0.2, 0) is 22.4 Å². The zero-order valence-electron chi connectivity index (χ0n) is 12.7. The molecule has 0 fully saturated rings. The number of aryl methyl sites for hydroxylation is 2. The summed E-state index contributed by atoms with van der Waals surface area (Å²) in [4.78, 5) is 29.0. The smallest absolute Gasteiger partial charge is 0.357 e. The molecule has 22 heavy (non-hydrogen) atoms. The largest absolute Gasteiger partial charge is 0.462 e. The van der Waals surface area contributed by atoms with E-state index >= 15 is 0 Å². The fourth-order valence-corrected chi connectivity index (χ4v) is 2.90. The van der Waals surface area contributed by atoms with Crippen molar-refractivity contribution in [1.29, 1.82) is 0 Å². The lowest BCUT2D eigenvalue weighted by atomic mass is 10.0. The summed E-state index contributed by atoms with van der Waals surface area (Å²) in [7, 11) is 0. The summed E-state index contributed by atoms with van der Waals surface area (Å²) in [5, 5.41) is 0.714. The summed E-state index contributed by atoms with van der Waals surface area (Å²) in [5.74, 6) is -1.12. The number of hydrogen-bond acceptors (Lipinski definition) is 5. The van der Waals surface area contributed by atoms with Crippen LogP contribution in [0.25, 0.3) is 10.9 Å². The van der Waals surface area contributed by atoms with Gasteiger partial charge in [-0.15, -0.1) is 0 Å². The van der Waals surface area contributed by atoms with Crippen LogP contribution in [0.5, 0.6) is 0 Å². The van der Waals surface area contributed by atoms with Gasteiger partial charge in [0.2, 0.25) is 0 Å². The quantitative estimate of drug-likeness (QED) is 0.811. The van der Waals surface area contributed by atoms with Crippen LogP contribution in [0.1, 0.15) is 46.8 Å². The van der Waals surface area contributed by atoms with Crippen molar-refractivity contribution in [3.63, 3.8) is 0 Å². The van der Waals surface area contributed by atoms with Crippen molar-refractivity contribution < 1.29 is 19.1 Å². The molecular weight excluding hydrogens is 284 g/mol. The van der Waals surface area contributed by atoms with E-state index in [0.29, 0.717) is 5.39 Å². The van der Waals surface area contributed by atoms with Gasteiger partial charge < -0.3 is 14.0 Å². The first-order valence-corrected chi connectivity index (χ1v) is 7.53. The Labute approximate surface area is 128 Å². The zero-order chi connectivity index (χ0) is 15.7. The van der Waals surface area contributed by atoms with Gasteiger partial charge in [0.1, 0.15) is 5.56 Å². The topological polar surface area (TPSA) is 70.4 Å². The van der Waals surface area contributed by atoms with Gasteiger partial charge in [-0.3, -0.25) is 0 Å². The van der Waals surface area contributed by atoms with E-state index in [-0.39, 0.29) is 24.5 Å². The van der Waals surface area contributed by atoms with Crippen molar-refractivity contribution in [2.45, 2.75) is 33.2 Å². The molecule has 0 aliphatic carbocycles. The fraction of sp³-hybridized carbons (Fsp3) is 0.438. The normalized spacial score (nSPS) is 13.2. The van der Waals surface area contributed by atoms with E-state index < -0.39 is 11.9 Å². The van der Waals surface area contributed by atoms with Gasteiger partial charge >= 0.3 is 11.9 Å². The van der Waals surface area contributed by atoms with Gasteiger partial charge in [-0.1, -0.05) is 0 Å². The van der Waals surface area contributed by atoms with Gasteiger partial charge in [0.25, 0.3) is 0 Å². The molecule has 6 nitrogen and oxygen atoms in total. The van der Waals surface area contributed by atoms with Gasteiger partial charge in [0, 0.05) is 18.1 Å². The van der Waals surface area contributed by atoms with E-state index in [2.05, 4.69) is 9.55 Å².